The van der Waals surface area contributed by atoms with Crippen LogP contribution in [0, 0.1) is 13.8 Å². The fourth-order valence-electron chi connectivity index (χ4n) is 1.97. The molecule has 0 bridgehead atoms. The van der Waals surface area contributed by atoms with Crippen LogP contribution in [-0.4, -0.2) is 31.2 Å². The van der Waals surface area contributed by atoms with Gasteiger partial charge in [-0.05, 0) is 38.4 Å². The van der Waals surface area contributed by atoms with Gasteiger partial charge in [0, 0.05) is 25.3 Å². The van der Waals surface area contributed by atoms with Crippen LogP contribution in [0.5, 0.6) is 0 Å². The zero-order valence-electron chi connectivity index (χ0n) is 9.75. The van der Waals surface area contributed by atoms with Crippen LogP contribution in [-0.2, 0) is 0 Å². The standard InChI is InChI=1S/C12H19N3/c1-9-4-5-12(14-10(9)2)15(3)11-6-7-13-8-11/h4-5,11,13H,6-8H2,1-3H3. The minimum atomic E-state index is 0.597. The SMILES string of the molecule is Cc1ccc(N(C)C2CCNC2)nc1C. The van der Waals surface area contributed by atoms with E-state index in [1.807, 2.05) is 0 Å². The van der Waals surface area contributed by atoms with Gasteiger partial charge >= 0.3 is 0 Å². The number of nitrogens with zero attached hydrogens (tertiary/aromatic N) is 2. The molecule has 3 heteroatoms. The molecule has 0 amide bonds. The van der Waals surface area contributed by atoms with Crippen LogP contribution in [0.1, 0.15) is 17.7 Å². The number of anilines is 1. The summed E-state index contributed by atoms with van der Waals surface area (Å²) in [7, 11) is 2.13. The monoisotopic (exact) mass is 205 g/mol. The molecule has 2 rings (SSSR count). The number of hydrogen-bond donors (Lipinski definition) is 1. The highest BCUT2D eigenvalue weighted by atomic mass is 15.2. The van der Waals surface area contributed by atoms with Crippen molar-refractivity contribution >= 4 is 5.82 Å². The van der Waals surface area contributed by atoms with Crippen molar-refractivity contribution in [3.63, 3.8) is 0 Å². The number of rotatable bonds is 2. The molecule has 3 nitrogen and oxygen atoms in total. The number of hydrogen-bond acceptors (Lipinski definition) is 3. The average Bonchev–Trinajstić information content (AvgIpc) is 2.74. The van der Waals surface area contributed by atoms with Crippen molar-refractivity contribution < 1.29 is 0 Å². The van der Waals surface area contributed by atoms with E-state index < -0.39 is 0 Å². The first kappa shape index (κ1) is 10.4. The van der Waals surface area contributed by atoms with Crippen LogP contribution in [0.15, 0.2) is 12.1 Å². The summed E-state index contributed by atoms with van der Waals surface area (Å²) in [6.45, 7) is 6.37. The van der Waals surface area contributed by atoms with Crippen LogP contribution in [0.2, 0.25) is 0 Å². The second kappa shape index (κ2) is 4.19. The van der Waals surface area contributed by atoms with Gasteiger partial charge in [-0.3, -0.25) is 0 Å². The number of nitrogens with one attached hydrogen (secondary N) is 1. The normalized spacial score (nSPS) is 20.6. The number of aromatic nitrogens is 1. The Morgan fingerprint density at radius 2 is 2.20 bits per heavy atom. The summed E-state index contributed by atoms with van der Waals surface area (Å²) in [5, 5.41) is 3.38. The van der Waals surface area contributed by atoms with Crippen LogP contribution in [0.25, 0.3) is 0 Å². The molecule has 0 aromatic carbocycles. The van der Waals surface area contributed by atoms with Crippen molar-refractivity contribution in [1.29, 1.82) is 0 Å². The van der Waals surface area contributed by atoms with E-state index in [-0.39, 0.29) is 0 Å². The minimum Gasteiger partial charge on any atom is -0.355 e. The quantitative estimate of drug-likeness (QED) is 0.793. The second-order valence-electron chi connectivity index (χ2n) is 4.33. The lowest BCUT2D eigenvalue weighted by molar-refractivity contribution is 0.676. The van der Waals surface area contributed by atoms with Crippen LogP contribution in [0.3, 0.4) is 0 Å². The van der Waals surface area contributed by atoms with Gasteiger partial charge in [-0.2, -0.15) is 0 Å². The van der Waals surface area contributed by atoms with E-state index in [0.717, 1.165) is 24.6 Å². The Morgan fingerprint density at radius 3 is 2.80 bits per heavy atom. The highest BCUT2D eigenvalue weighted by molar-refractivity contribution is 5.42. The maximum absolute atomic E-state index is 4.62. The fraction of sp³-hybridized carbons (Fsp3) is 0.583. The second-order valence-corrected chi connectivity index (χ2v) is 4.33. The van der Waals surface area contributed by atoms with Gasteiger partial charge in [0.1, 0.15) is 5.82 Å². The maximum Gasteiger partial charge on any atom is 0.128 e. The van der Waals surface area contributed by atoms with Gasteiger partial charge in [0.15, 0.2) is 0 Å². The average molecular weight is 205 g/mol. The summed E-state index contributed by atoms with van der Waals surface area (Å²) in [5.41, 5.74) is 2.39. The number of aryl methyl sites for hydroxylation is 2. The minimum absolute atomic E-state index is 0.597. The van der Waals surface area contributed by atoms with Crippen molar-refractivity contribution in [3.8, 4) is 0 Å². The topological polar surface area (TPSA) is 28.2 Å². The molecule has 0 radical (unpaired) electrons. The van der Waals surface area contributed by atoms with E-state index >= 15 is 0 Å². The number of likely N-dealkylation sites (N-methyl/N-ethyl adjacent to an activating group) is 1. The van der Waals surface area contributed by atoms with E-state index in [2.05, 4.69) is 48.2 Å². The maximum atomic E-state index is 4.62. The molecule has 0 saturated carbocycles. The van der Waals surface area contributed by atoms with Gasteiger partial charge in [-0.15, -0.1) is 0 Å². The van der Waals surface area contributed by atoms with Crippen molar-refractivity contribution in [1.82, 2.24) is 10.3 Å². The van der Waals surface area contributed by atoms with Crippen LogP contribution in [0.4, 0.5) is 5.82 Å². The molecule has 1 aromatic rings. The van der Waals surface area contributed by atoms with E-state index in [0.29, 0.717) is 6.04 Å². The fourth-order valence-corrected chi connectivity index (χ4v) is 1.97. The predicted molar refractivity (Wildman–Crippen MR) is 63.4 cm³/mol. The Hall–Kier alpha value is -1.09. The molecule has 1 saturated heterocycles. The Kier molecular flexibility index (Phi) is 2.91. The molecule has 0 aliphatic carbocycles. The first-order chi connectivity index (χ1) is 7.18. The van der Waals surface area contributed by atoms with Crippen molar-refractivity contribution in [3.05, 3.63) is 23.4 Å². The molecule has 1 aliphatic rings. The van der Waals surface area contributed by atoms with Gasteiger partial charge in [0.25, 0.3) is 0 Å². The van der Waals surface area contributed by atoms with Gasteiger partial charge in [0.05, 0.1) is 0 Å². The van der Waals surface area contributed by atoms with E-state index in [1.165, 1.54) is 12.0 Å². The van der Waals surface area contributed by atoms with Gasteiger partial charge < -0.3 is 10.2 Å². The summed E-state index contributed by atoms with van der Waals surface area (Å²) in [6, 6.07) is 4.86. The highest BCUT2D eigenvalue weighted by Gasteiger charge is 2.20. The van der Waals surface area contributed by atoms with Crippen LogP contribution < -0.4 is 10.2 Å². The molecule has 1 atom stereocenters. The van der Waals surface area contributed by atoms with Crippen molar-refractivity contribution in [2.24, 2.45) is 0 Å². The Bertz CT molecular complexity index is 343. The zero-order chi connectivity index (χ0) is 10.8. The largest absolute Gasteiger partial charge is 0.355 e. The molecular weight excluding hydrogens is 186 g/mol. The summed E-state index contributed by atoms with van der Waals surface area (Å²) >= 11 is 0. The summed E-state index contributed by atoms with van der Waals surface area (Å²) in [5.74, 6) is 1.09. The third-order valence-corrected chi connectivity index (χ3v) is 3.28. The molecule has 82 valence electrons. The lowest BCUT2D eigenvalue weighted by Gasteiger charge is -2.25. The highest BCUT2D eigenvalue weighted by Crippen LogP contribution is 2.17. The van der Waals surface area contributed by atoms with Crippen molar-refractivity contribution in [2.75, 3.05) is 25.0 Å². The van der Waals surface area contributed by atoms with Gasteiger partial charge in [0.2, 0.25) is 0 Å². The number of pyridine rings is 1. The summed E-state index contributed by atoms with van der Waals surface area (Å²) < 4.78 is 0. The summed E-state index contributed by atoms with van der Waals surface area (Å²) in [4.78, 5) is 6.90. The Morgan fingerprint density at radius 1 is 1.40 bits per heavy atom. The summed E-state index contributed by atoms with van der Waals surface area (Å²) in [6.07, 6.45) is 1.21. The lowest BCUT2D eigenvalue weighted by atomic mass is 10.2. The molecule has 1 N–H and O–H groups in total. The molecule has 15 heavy (non-hydrogen) atoms. The predicted octanol–water partition coefficient (Wildman–Crippen LogP) is 1.50. The molecular formula is C12H19N3. The van der Waals surface area contributed by atoms with Crippen LogP contribution >= 0.6 is 0 Å². The van der Waals surface area contributed by atoms with Gasteiger partial charge in [-0.1, -0.05) is 6.07 Å². The molecule has 1 aromatic heterocycles. The molecule has 1 aliphatic heterocycles. The first-order valence-electron chi connectivity index (χ1n) is 5.56. The molecule has 2 heterocycles. The smallest absolute Gasteiger partial charge is 0.128 e. The molecule has 0 spiro atoms. The van der Waals surface area contributed by atoms with E-state index in [1.54, 1.807) is 0 Å². The van der Waals surface area contributed by atoms with Crippen molar-refractivity contribution in [2.45, 2.75) is 26.3 Å². The zero-order valence-corrected chi connectivity index (χ0v) is 9.75. The Balaban J connectivity index is 2.17. The third kappa shape index (κ3) is 2.12. The third-order valence-electron chi connectivity index (χ3n) is 3.28. The first-order valence-corrected chi connectivity index (χ1v) is 5.56. The Labute approximate surface area is 91.5 Å². The van der Waals surface area contributed by atoms with E-state index in [4.69, 9.17) is 0 Å². The van der Waals surface area contributed by atoms with E-state index in [9.17, 15) is 0 Å². The molecule has 1 fully saturated rings. The molecule has 1 unspecified atom stereocenters. The van der Waals surface area contributed by atoms with Gasteiger partial charge in [-0.25, -0.2) is 4.98 Å². The lowest BCUT2D eigenvalue weighted by Crippen LogP contribution is -2.34.